The normalized spacial score (nSPS) is 21.0. The van der Waals surface area contributed by atoms with Crippen LogP contribution in [0.1, 0.15) is 30.6 Å². The van der Waals surface area contributed by atoms with E-state index in [0.29, 0.717) is 0 Å². The number of hydrogen-bond donors (Lipinski definition) is 1. The van der Waals surface area contributed by atoms with Crippen molar-refractivity contribution in [2.45, 2.75) is 38.3 Å². The van der Waals surface area contributed by atoms with Crippen LogP contribution in [0, 0.1) is 5.92 Å². The molecule has 1 N–H and O–H groups in total. The maximum absolute atomic E-state index is 5.25. The van der Waals surface area contributed by atoms with Crippen LogP contribution in [0.15, 0.2) is 6.20 Å². The Morgan fingerprint density at radius 1 is 1.37 bits per heavy atom. The lowest BCUT2D eigenvalue weighted by molar-refractivity contribution is 0.139. The van der Waals surface area contributed by atoms with Crippen molar-refractivity contribution in [2.24, 2.45) is 5.92 Å². The first kappa shape index (κ1) is 13.3. The fourth-order valence-corrected chi connectivity index (χ4v) is 3.50. The lowest BCUT2D eigenvalue weighted by Crippen LogP contribution is -2.34. The fraction of sp³-hybridized carbons (Fsp3) is 0.786. The summed E-state index contributed by atoms with van der Waals surface area (Å²) in [5, 5.41) is 4.75. The van der Waals surface area contributed by atoms with Crippen LogP contribution in [0.5, 0.6) is 0 Å². The Hall–Kier alpha value is -0.650. The van der Waals surface area contributed by atoms with Crippen molar-refractivity contribution in [3.63, 3.8) is 0 Å². The van der Waals surface area contributed by atoms with E-state index in [4.69, 9.17) is 4.74 Å². The molecule has 5 heteroatoms. The zero-order valence-electron chi connectivity index (χ0n) is 11.6. The van der Waals surface area contributed by atoms with E-state index in [1.165, 1.54) is 35.7 Å². The summed E-state index contributed by atoms with van der Waals surface area (Å²) >= 11 is 1.84. The highest BCUT2D eigenvalue weighted by molar-refractivity contribution is 7.15. The van der Waals surface area contributed by atoms with E-state index in [2.05, 4.69) is 15.2 Å². The summed E-state index contributed by atoms with van der Waals surface area (Å²) in [5.74, 6) is 0.734. The molecule has 19 heavy (non-hydrogen) atoms. The molecule has 3 rings (SSSR count). The van der Waals surface area contributed by atoms with Gasteiger partial charge in [0.2, 0.25) is 0 Å². The largest absolute Gasteiger partial charge is 0.384 e. The molecule has 0 aromatic carbocycles. The number of anilines is 1. The SMILES string of the molecule is COCC1CCN(c2ncc(CNC3CC3)s2)CC1. The third-order valence-corrected chi connectivity index (χ3v) is 5.03. The van der Waals surface area contributed by atoms with Gasteiger partial charge < -0.3 is 15.0 Å². The molecule has 1 saturated carbocycles. The van der Waals surface area contributed by atoms with Crippen molar-refractivity contribution in [1.82, 2.24) is 10.3 Å². The lowest BCUT2D eigenvalue weighted by Gasteiger charge is -2.31. The van der Waals surface area contributed by atoms with Gasteiger partial charge in [-0.2, -0.15) is 0 Å². The number of nitrogens with one attached hydrogen (secondary N) is 1. The summed E-state index contributed by atoms with van der Waals surface area (Å²) < 4.78 is 5.25. The van der Waals surface area contributed by atoms with Crippen molar-refractivity contribution < 1.29 is 4.74 Å². The van der Waals surface area contributed by atoms with Crippen LogP contribution in [0.4, 0.5) is 5.13 Å². The Morgan fingerprint density at radius 3 is 2.84 bits per heavy atom. The molecule has 1 aliphatic carbocycles. The molecule has 0 bridgehead atoms. The fourth-order valence-electron chi connectivity index (χ4n) is 2.58. The van der Waals surface area contributed by atoms with Gasteiger partial charge in [-0.25, -0.2) is 4.98 Å². The highest BCUT2D eigenvalue weighted by Crippen LogP contribution is 2.28. The maximum atomic E-state index is 5.25. The Labute approximate surface area is 119 Å². The first-order valence-electron chi connectivity index (χ1n) is 7.27. The maximum Gasteiger partial charge on any atom is 0.185 e. The van der Waals surface area contributed by atoms with Crippen molar-refractivity contribution in [2.75, 3.05) is 31.7 Å². The molecule has 4 nitrogen and oxygen atoms in total. The first-order valence-corrected chi connectivity index (χ1v) is 8.09. The van der Waals surface area contributed by atoms with E-state index in [0.717, 1.165) is 38.2 Å². The molecule has 0 amide bonds. The number of ether oxygens (including phenoxy) is 1. The number of piperidine rings is 1. The van der Waals surface area contributed by atoms with E-state index >= 15 is 0 Å². The Kier molecular flexibility index (Phi) is 4.35. The molecule has 1 aromatic heterocycles. The van der Waals surface area contributed by atoms with Crippen molar-refractivity contribution in [3.8, 4) is 0 Å². The van der Waals surface area contributed by atoms with Crippen molar-refractivity contribution >= 4 is 16.5 Å². The van der Waals surface area contributed by atoms with Gasteiger partial charge >= 0.3 is 0 Å². The molecule has 106 valence electrons. The number of methoxy groups -OCH3 is 1. The van der Waals surface area contributed by atoms with E-state index in [-0.39, 0.29) is 0 Å². The van der Waals surface area contributed by atoms with Crippen LogP contribution >= 0.6 is 11.3 Å². The monoisotopic (exact) mass is 281 g/mol. The predicted octanol–water partition coefficient (Wildman–Crippen LogP) is 2.26. The van der Waals surface area contributed by atoms with Gasteiger partial charge in [0.15, 0.2) is 5.13 Å². The molecule has 1 saturated heterocycles. The van der Waals surface area contributed by atoms with Crippen LogP contribution in [0.3, 0.4) is 0 Å². The van der Waals surface area contributed by atoms with Gasteiger partial charge in [0.1, 0.15) is 0 Å². The summed E-state index contributed by atoms with van der Waals surface area (Å²) in [5.41, 5.74) is 0. The van der Waals surface area contributed by atoms with Gasteiger partial charge in [0, 0.05) is 50.5 Å². The molecule has 1 aliphatic heterocycles. The lowest BCUT2D eigenvalue weighted by atomic mass is 9.98. The number of rotatable bonds is 6. The van der Waals surface area contributed by atoms with Crippen LogP contribution in [0.2, 0.25) is 0 Å². The van der Waals surface area contributed by atoms with E-state index in [1.54, 1.807) is 7.11 Å². The molecule has 2 heterocycles. The van der Waals surface area contributed by atoms with Crippen LogP contribution < -0.4 is 10.2 Å². The Morgan fingerprint density at radius 2 is 2.16 bits per heavy atom. The molecular weight excluding hydrogens is 258 g/mol. The first-order chi connectivity index (χ1) is 9.35. The third kappa shape index (κ3) is 3.68. The molecule has 2 aliphatic rings. The second kappa shape index (κ2) is 6.20. The summed E-state index contributed by atoms with van der Waals surface area (Å²) in [6.07, 6.45) is 7.18. The number of aromatic nitrogens is 1. The smallest absolute Gasteiger partial charge is 0.185 e. The van der Waals surface area contributed by atoms with Gasteiger partial charge in [0.05, 0.1) is 0 Å². The molecule has 1 aromatic rings. The summed E-state index contributed by atoms with van der Waals surface area (Å²) in [4.78, 5) is 8.37. The number of thiazole rings is 1. The van der Waals surface area contributed by atoms with Crippen LogP contribution in [-0.4, -0.2) is 37.8 Å². The quantitative estimate of drug-likeness (QED) is 0.868. The molecular formula is C14H23N3OS. The molecule has 0 spiro atoms. The van der Waals surface area contributed by atoms with E-state index < -0.39 is 0 Å². The van der Waals surface area contributed by atoms with Crippen molar-refractivity contribution in [3.05, 3.63) is 11.1 Å². The molecule has 2 fully saturated rings. The van der Waals surface area contributed by atoms with Gasteiger partial charge in [-0.15, -0.1) is 11.3 Å². The molecule has 0 atom stereocenters. The standard InChI is InChI=1S/C14H23N3OS/c1-18-10-11-4-6-17(7-5-11)14-16-9-13(19-14)8-15-12-2-3-12/h9,11-12,15H,2-8,10H2,1H3. The highest BCUT2D eigenvalue weighted by Gasteiger charge is 2.22. The minimum atomic E-state index is 0.734. The minimum Gasteiger partial charge on any atom is -0.384 e. The summed E-state index contributed by atoms with van der Waals surface area (Å²) in [6, 6.07) is 0.773. The van der Waals surface area contributed by atoms with Crippen LogP contribution in [-0.2, 0) is 11.3 Å². The predicted molar refractivity (Wildman–Crippen MR) is 78.8 cm³/mol. The third-order valence-electron chi connectivity index (χ3n) is 3.97. The van der Waals surface area contributed by atoms with Crippen LogP contribution in [0.25, 0.3) is 0 Å². The van der Waals surface area contributed by atoms with Crippen molar-refractivity contribution in [1.29, 1.82) is 0 Å². The number of hydrogen-bond acceptors (Lipinski definition) is 5. The summed E-state index contributed by atoms with van der Waals surface area (Å²) in [6.45, 7) is 4.14. The van der Waals surface area contributed by atoms with Gasteiger partial charge in [-0.1, -0.05) is 0 Å². The van der Waals surface area contributed by atoms with Gasteiger partial charge in [0.25, 0.3) is 0 Å². The van der Waals surface area contributed by atoms with E-state index in [9.17, 15) is 0 Å². The second-order valence-corrected chi connectivity index (χ2v) is 6.74. The molecule has 0 unspecified atom stereocenters. The number of nitrogens with zero attached hydrogens (tertiary/aromatic N) is 2. The van der Waals surface area contributed by atoms with E-state index in [1.807, 2.05) is 17.5 Å². The minimum absolute atomic E-state index is 0.734. The average molecular weight is 281 g/mol. The highest BCUT2D eigenvalue weighted by atomic mass is 32.1. The topological polar surface area (TPSA) is 37.4 Å². The average Bonchev–Trinajstić information content (AvgIpc) is 3.15. The molecule has 0 radical (unpaired) electrons. The second-order valence-electron chi connectivity index (χ2n) is 5.65. The Bertz CT molecular complexity index is 397. The zero-order chi connectivity index (χ0) is 13.1. The van der Waals surface area contributed by atoms with Gasteiger partial charge in [-0.05, 0) is 31.6 Å². The van der Waals surface area contributed by atoms with Gasteiger partial charge in [-0.3, -0.25) is 0 Å². The Balaban J connectivity index is 1.48. The summed E-state index contributed by atoms with van der Waals surface area (Å²) in [7, 11) is 1.80. The zero-order valence-corrected chi connectivity index (χ0v) is 12.4.